The first-order valence-electron chi connectivity index (χ1n) is 9.31. The molecular formula is C22H29NO2. The minimum absolute atomic E-state index is 0.681. The predicted octanol–water partition coefficient (Wildman–Crippen LogP) is 4.34. The molecule has 0 spiro atoms. The smallest absolute Gasteiger partial charge is 0.122 e. The number of para-hydroxylation sites is 2. The van der Waals surface area contributed by atoms with Crippen LogP contribution in [0.25, 0.3) is 0 Å². The molecule has 0 aliphatic carbocycles. The van der Waals surface area contributed by atoms with E-state index >= 15 is 0 Å². The molecule has 134 valence electrons. The Morgan fingerprint density at radius 3 is 2.24 bits per heavy atom. The molecule has 0 N–H and O–H groups in total. The van der Waals surface area contributed by atoms with Crippen LogP contribution in [0.2, 0.25) is 0 Å². The lowest BCUT2D eigenvalue weighted by Gasteiger charge is -2.20. The summed E-state index contributed by atoms with van der Waals surface area (Å²) in [6, 6.07) is 17.3. The Kier molecular flexibility index (Phi) is 6.35. The molecule has 25 heavy (non-hydrogen) atoms. The monoisotopic (exact) mass is 339 g/mol. The van der Waals surface area contributed by atoms with Gasteiger partial charge in [-0.05, 0) is 69.0 Å². The van der Waals surface area contributed by atoms with Gasteiger partial charge in [0.2, 0.25) is 0 Å². The van der Waals surface area contributed by atoms with Crippen molar-refractivity contribution in [3.05, 3.63) is 59.7 Å². The molecule has 0 radical (unpaired) electrons. The van der Waals surface area contributed by atoms with E-state index in [9.17, 15) is 0 Å². The summed E-state index contributed by atoms with van der Waals surface area (Å²) in [5.41, 5.74) is 2.51. The summed E-state index contributed by atoms with van der Waals surface area (Å²) in [7, 11) is 3.95. The summed E-state index contributed by atoms with van der Waals surface area (Å²) in [6.45, 7) is 2.01. The Bertz CT molecular complexity index is 671. The van der Waals surface area contributed by atoms with Crippen LogP contribution in [0.15, 0.2) is 48.5 Å². The number of methoxy groups -OCH3 is 1. The van der Waals surface area contributed by atoms with Crippen LogP contribution < -0.4 is 9.47 Å². The van der Waals surface area contributed by atoms with Gasteiger partial charge in [0, 0.05) is 6.04 Å². The van der Waals surface area contributed by atoms with Crippen molar-refractivity contribution in [2.24, 2.45) is 0 Å². The molecule has 1 heterocycles. The third-order valence-corrected chi connectivity index (χ3v) is 5.21. The van der Waals surface area contributed by atoms with Crippen molar-refractivity contribution in [1.29, 1.82) is 0 Å². The highest BCUT2D eigenvalue weighted by Crippen LogP contribution is 2.24. The van der Waals surface area contributed by atoms with Crippen LogP contribution in [-0.2, 0) is 12.8 Å². The number of hydrogen-bond donors (Lipinski definition) is 0. The first kappa shape index (κ1) is 17.8. The summed E-state index contributed by atoms with van der Waals surface area (Å²) < 4.78 is 11.6. The number of benzene rings is 2. The molecule has 3 heteroatoms. The van der Waals surface area contributed by atoms with Gasteiger partial charge in [0.15, 0.2) is 0 Å². The average Bonchev–Trinajstić information content (AvgIpc) is 3.06. The average molecular weight is 339 g/mol. The van der Waals surface area contributed by atoms with Gasteiger partial charge in [0.25, 0.3) is 0 Å². The lowest BCUT2D eigenvalue weighted by atomic mass is 10.0. The van der Waals surface area contributed by atoms with Gasteiger partial charge >= 0.3 is 0 Å². The maximum Gasteiger partial charge on any atom is 0.122 e. The Hall–Kier alpha value is -2.00. The third kappa shape index (κ3) is 4.76. The fourth-order valence-electron chi connectivity index (χ4n) is 3.68. The maximum atomic E-state index is 6.13. The van der Waals surface area contributed by atoms with E-state index in [1.165, 1.54) is 30.5 Å². The molecule has 1 aliphatic rings. The van der Waals surface area contributed by atoms with E-state index in [0.717, 1.165) is 37.4 Å². The normalized spacial score (nSPS) is 17.6. The summed E-state index contributed by atoms with van der Waals surface area (Å²) in [6.07, 6.45) is 5.64. The van der Waals surface area contributed by atoms with E-state index in [4.69, 9.17) is 9.47 Å². The Balaban J connectivity index is 1.57. The van der Waals surface area contributed by atoms with Crippen LogP contribution in [0.4, 0.5) is 0 Å². The molecule has 0 aromatic heterocycles. The number of rotatable bonds is 8. The number of ether oxygens (including phenoxy) is 2. The lowest BCUT2D eigenvalue weighted by molar-refractivity contribution is 0.232. The van der Waals surface area contributed by atoms with Crippen LogP contribution in [0.5, 0.6) is 11.5 Å². The van der Waals surface area contributed by atoms with Crippen molar-refractivity contribution in [3.63, 3.8) is 0 Å². The van der Waals surface area contributed by atoms with Gasteiger partial charge in [0.1, 0.15) is 11.5 Å². The standard InChI is InChI=1S/C22H29NO2/c1-23-16-7-10-20(23)15-17-25-22-12-6-4-9-19(22)14-13-18-8-3-5-11-21(18)24-2/h3-6,8-9,11-12,20H,7,10,13-17H2,1-2H3. The highest BCUT2D eigenvalue weighted by molar-refractivity contribution is 5.37. The Morgan fingerprint density at radius 2 is 1.60 bits per heavy atom. The second-order valence-electron chi connectivity index (χ2n) is 6.83. The minimum Gasteiger partial charge on any atom is -0.496 e. The molecule has 1 atom stereocenters. The van der Waals surface area contributed by atoms with Gasteiger partial charge in [-0.25, -0.2) is 0 Å². The van der Waals surface area contributed by atoms with E-state index < -0.39 is 0 Å². The summed E-state index contributed by atoms with van der Waals surface area (Å²) in [5, 5.41) is 0. The Labute approximate surface area is 151 Å². The minimum atomic E-state index is 0.681. The number of hydrogen-bond acceptors (Lipinski definition) is 3. The fourth-order valence-corrected chi connectivity index (χ4v) is 3.68. The van der Waals surface area contributed by atoms with E-state index in [1.807, 2.05) is 12.1 Å². The number of likely N-dealkylation sites (tertiary alicyclic amines) is 1. The number of nitrogens with zero attached hydrogens (tertiary/aromatic N) is 1. The van der Waals surface area contributed by atoms with Gasteiger partial charge in [-0.3, -0.25) is 0 Å². The quantitative estimate of drug-likeness (QED) is 0.714. The second kappa shape index (κ2) is 8.91. The molecule has 1 saturated heterocycles. The van der Waals surface area contributed by atoms with Gasteiger partial charge in [-0.1, -0.05) is 36.4 Å². The zero-order valence-electron chi connectivity index (χ0n) is 15.4. The molecule has 2 aromatic carbocycles. The van der Waals surface area contributed by atoms with Crippen molar-refractivity contribution in [3.8, 4) is 11.5 Å². The van der Waals surface area contributed by atoms with Crippen LogP contribution in [0.1, 0.15) is 30.4 Å². The van der Waals surface area contributed by atoms with Gasteiger partial charge < -0.3 is 14.4 Å². The molecule has 3 nitrogen and oxygen atoms in total. The molecular weight excluding hydrogens is 310 g/mol. The van der Waals surface area contributed by atoms with Crippen molar-refractivity contribution in [1.82, 2.24) is 4.90 Å². The molecule has 0 bridgehead atoms. The van der Waals surface area contributed by atoms with E-state index in [2.05, 4.69) is 48.3 Å². The van der Waals surface area contributed by atoms with Gasteiger partial charge in [0.05, 0.1) is 13.7 Å². The van der Waals surface area contributed by atoms with Crippen LogP contribution in [-0.4, -0.2) is 38.3 Å². The van der Waals surface area contributed by atoms with Crippen molar-refractivity contribution >= 4 is 0 Å². The zero-order chi connectivity index (χ0) is 17.5. The SMILES string of the molecule is COc1ccccc1CCc1ccccc1OCCC1CCCN1C. The van der Waals surface area contributed by atoms with Crippen LogP contribution >= 0.6 is 0 Å². The van der Waals surface area contributed by atoms with Gasteiger partial charge in [-0.2, -0.15) is 0 Å². The molecule has 1 aliphatic heterocycles. The molecule has 2 aromatic rings. The fraction of sp³-hybridized carbons (Fsp3) is 0.455. The highest BCUT2D eigenvalue weighted by Gasteiger charge is 2.20. The van der Waals surface area contributed by atoms with Crippen molar-refractivity contribution in [2.45, 2.75) is 38.1 Å². The second-order valence-corrected chi connectivity index (χ2v) is 6.83. The molecule has 3 rings (SSSR count). The number of aryl methyl sites for hydroxylation is 2. The van der Waals surface area contributed by atoms with Crippen LogP contribution in [0.3, 0.4) is 0 Å². The summed E-state index contributed by atoms with van der Waals surface area (Å²) in [5.74, 6) is 1.99. The van der Waals surface area contributed by atoms with E-state index in [-0.39, 0.29) is 0 Å². The summed E-state index contributed by atoms with van der Waals surface area (Å²) in [4.78, 5) is 2.46. The van der Waals surface area contributed by atoms with E-state index in [1.54, 1.807) is 7.11 Å². The largest absolute Gasteiger partial charge is 0.496 e. The van der Waals surface area contributed by atoms with Crippen molar-refractivity contribution < 1.29 is 9.47 Å². The zero-order valence-corrected chi connectivity index (χ0v) is 15.4. The van der Waals surface area contributed by atoms with Gasteiger partial charge in [-0.15, -0.1) is 0 Å². The predicted molar refractivity (Wildman–Crippen MR) is 103 cm³/mol. The molecule has 1 unspecified atom stereocenters. The highest BCUT2D eigenvalue weighted by atomic mass is 16.5. The molecule has 0 amide bonds. The molecule has 0 saturated carbocycles. The van der Waals surface area contributed by atoms with Crippen molar-refractivity contribution in [2.75, 3.05) is 27.3 Å². The third-order valence-electron chi connectivity index (χ3n) is 5.21. The first-order chi connectivity index (χ1) is 12.3. The lowest BCUT2D eigenvalue weighted by Crippen LogP contribution is -2.26. The Morgan fingerprint density at radius 1 is 0.960 bits per heavy atom. The van der Waals surface area contributed by atoms with Crippen LogP contribution in [0, 0.1) is 0 Å². The molecule has 1 fully saturated rings. The van der Waals surface area contributed by atoms with E-state index in [0.29, 0.717) is 6.04 Å². The summed E-state index contributed by atoms with van der Waals surface area (Å²) >= 11 is 0. The topological polar surface area (TPSA) is 21.7 Å². The first-order valence-corrected chi connectivity index (χ1v) is 9.31. The maximum absolute atomic E-state index is 6.13.